The van der Waals surface area contributed by atoms with E-state index in [1.807, 2.05) is 30.3 Å². The molecular weight excluding hydrogens is 463 g/mol. The van der Waals surface area contributed by atoms with Crippen molar-refractivity contribution >= 4 is 40.0 Å². The zero-order chi connectivity index (χ0) is 18.7. The third kappa shape index (κ3) is 5.32. The Morgan fingerprint density at radius 2 is 1.81 bits per heavy atom. The quantitative estimate of drug-likeness (QED) is 0.362. The van der Waals surface area contributed by atoms with Crippen LogP contribution in [-0.4, -0.2) is 50.7 Å². The molecule has 148 valence electrons. The molecule has 1 aliphatic heterocycles. The lowest BCUT2D eigenvalue weighted by atomic mass is 9.65. The van der Waals surface area contributed by atoms with Crippen LogP contribution < -0.4 is 10.0 Å². The molecule has 8 heteroatoms. The Morgan fingerprint density at radius 1 is 1.19 bits per heavy atom. The monoisotopic (exact) mass is 494 g/mol. The van der Waals surface area contributed by atoms with Gasteiger partial charge in [-0.15, -0.1) is 24.0 Å². The molecule has 0 atom stereocenters. The van der Waals surface area contributed by atoms with Crippen LogP contribution in [0, 0.1) is 5.41 Å². The van der Waals surface area contributed by atoms with E-state index in [2.05, 4.69) is 47.6 Å². The van der Waals surface area contributed by atoms with E-state index < -0.39 is 10.0 Å². The molecule has 2 N–H and O–H groups in total. The minimum Gasteiger partial charge on any atom is -0.355 e. The Hall–Kier alpha value is -0.870. The molecule has 1 fully saturated rings. The van der Waals surface area contributed by atoms with E-state index in [0.717, 1.165) is 18.1 Å². The molecule has 1 saturated heterocycles. The first-order chi connectivity index (χ1) is 11.6. The molecule has 0 saturated carbocycles. The Morgan fingerprint density at radius 3 is 2.31 bits per heavy atom. The van der Waals surface area contributed by atoms with Crippen LogP contribution in [0.5, 0.6) is 0 Å². The molecule has 0 unspecified atom stereocenters. The second kappa shape index (κ2) is 8.88. The number of rotatable bonds is 6. The first kappa shape index (κ1) is 23.2. The molecule has 0 aliphatic carbocycles. The largest absolute Gasteiger partial charge is 0.355 e. The summed E-state index contributed by atoms with van der Waals surface area (Å²) in [5.74, 6) is 0.763. The van der Waals surface area contributed by atoms with Gasteiger partial charge in [-0.1, -0.05) is 44.2 Å². The highest BCUT2D eigenvalue weighted by atomic mass is 127. The molecule has 26 heavy (non-hydrogen) atoms. The highest BCUT2D eigenvalue weighted by Crippen LogP contribution is 2.46. The van der Waals surface area contributed by atoms with E-state index in [1.165, 1.54) is 0 Å². The highest BCUT2D eigenvalue weighted by Gasteiger charge is 2.53. The van der Waals surface area contributed by atoms with E-state index in [1.54, 1.807) is 7.05 Å². The van der Waals surface area contributed by atoms with Crippen molar-refractivity contribution in [3.8, 4) is 0 Å². The Kier molecular flexibility index (Phi) is 7.91. The van der Waals surface area contributed by atoms with Crippen LogP contribution in [0.4, 0.5) is 0 Å². The minimum absolute atomic E-state index is 0. The van der Waals surface area contributed by atoms with Crippen molar-refractivity contribution in [3.63, 3.8) is 0 Å². The average Bonchev–Trinajstić information content (AvgIpc) is 2.56. The van der Waals surface area contributed by atoms with Crippen molar-refractivity contribution in [2.45, 2.75) is 39.8 Å². The second-order valence-corrected chi connectivity index (χ2v) is 9.56. The molecule has 1 aliphatic rings. The molecule has 0 amide bonds. The van der Waals surface area contributed by atoms with Gasteiger partial charge in [-0.25, -0.2) is 13.1 Å². The van der Waals surface area contributed by atoms with Crippen LogP contribution in [0.25, 0.3) is 0 Å². The number of halogens is 1. The first-order valence-corrected chi connectivity index (χ1v) is 10.2. The van der Waals surface area contributed by atoms with Gasteiger partial charge in [-0.05, 0) is 19.4 Å². The summed E-state index contributed by atoms with van der Waals surface area (Å²) in [6.07, 6.45) is 0. The van der Waals surface area contributed by atoms with Gasteiger partial charge in [-0.2, -0.15) is 0 Å². The molecule has 1 aromatic rings. The van der Waals surface area contributed by atoms with Gasteiger partial charge >= 0.3 is 0 Å². The van der Waals surface area contributed by atoms with Crippen molar-refractivity contribution < 1.29 is 8.42 Å². The summed E-state index contributed by atoms with van der Waals surface area (Å²) in [6, 6.07) is 9.50. The van der Waals surface area contributed by atoms with Gasteiger partial charge in [0.2, 0.25) is 10.0 Å². The number of benzene rings is 1. The van der Waals surface area contributed by atoms with Crippen LogP contribution in [0.15, 0.2) is 35.3 Å². The van der Waals surface area contributed by atoms with Crippen LogP contribution in [0.2, 0.25) is 0 Å². The number of aliphatic imine (C=N–C) groups is 1. The lowest BCUT2D eigenvalue weighted by molar-refractivity contribution is -0.0666. The Bertz CT molecular complexity index is 718. The molecule has 6 nitrogen and oxygen atoms in total. The lowest BCUT2D eigenvalue weighted by Gasteiger charge is -2.62. The number of hydrogen-bond acceptors (Lipinski definition) is 3. The zero-order valence-corrected chi connectivity index (χ0v) is 19.4. The predicted octanol–water partition coefficient (Wildman–Crippen LogP) is 2.42. The fourth-order valence-electron chi connectivity index (χ4n) is 2.85. The summed E-state index contributed by atoms with van der Waals surface area (Å²) >= 11 is 0. The molecule has 0 spiro atoms. The summed E-state index contributed by atoms with van der Waals surface area (Å²) in [5.41, 5.74) is 1.13. The molecule has 1 aromatic carbocycles. The summed E-state index contributed by atoms with van der Waals surface area (Å²) in [6.45, 7) is 10.4. The van der Waals surface area contributed by atoms with Crippen molar-refractivity contribution in [1.82, 2.24) is 14.9 Å². The van der Waals surface area contributed by atoms with Crippen LogP contribution in [0.3, 0.4) is 0 Å². The van der Waals surface area contributed by atoms with Crippen LogP contribution in [-0.2, 0) is 16.6 Å². The number of nitrogens with one attached hydrogen (secondary N) is 2. The van der Waals surface area contributed by atoms with Crippen molar-refractivity contribution in [2.75, 3.05) is 25.9 Å². The van der Waals surface area contributed by atoms with Gasteiger partial charge in [0, 0.05) is 37.6 Å². The lowest BCUT2D eigenvalue weighted by Crippen LogP contribution is -2.72. The molecule has 0 radical (unpaired) electrons. The number of hydrogen-bond donors (Lipinski definition) is 2. The summed E-state index contributed by atoms with van der Waals surface area (Å²) < 4.78 is 26.9. The normalized spacial score (nSPS) is 18.7. The molecular formula is C18H31IN4O2S. The SMILES string of the molecule is CN=C(NCCS(=O)(=O)NCc1ccccc1)N1CC(C)(C)C1(C)C.I. The Labute approximate surface area is 174 Å². The standard InChI is InChI=1S/C18H30N4O2S.HI/c1-17(2)14-22(18(17,3)4)16(19-5)20-11-12-25(23,24)21-13-15-9-7-6-8-10-15;/h6-10,21H,11-14H2,1-5H3,(H,19,20);1H. The first-order valence-electron chi connectivity index (χ1n) is 8.59. The molecule has 0 aromatic heterocycles. The topological polar surface area (TPSA) is 73.8 Å². The molecule has 1 heterocycles. The summed E-state index contributed by atoms with van der Waals surface area (Å²) in [7, 11) is -1.61. The average molecular weight is 494 g/mol. The van der Waals surface area contributed by atoms with Crippen molar-refractivity contribution in [1.29, 1.82) is 0 Å². The predicted molar refractivity (Wildman–Crippen MR) is 118 cm³/mol. The van der Waals surface area contributed by atoms with Crippen LogP contribution >= 0.6 is 24.0 Å². The van der Waals surface area contributed by atoms with E-state index in [0.29, 0.717) is 13.1 Å². The Balaban J connectivity index is 0.00000338. The molecule has 2 rings (SSSR count). The van der Waals surface area contributed by atoms with E-state index in [-0.39, 0.29) is 40.7 Å². The van der Waals surface area contributed by atoms with Gasteiger partial charge in [-0.3, -0.25) is 4.99 Å². The summed E-state index contributed by atoms with van der Waals surface area (Å²) in [4.78, 5) is 6.49. The van der Waals surface area contributed by atoms with Crippen LogP contribution in [0.1, 0.15) is 33.3 Å². The fraction of sp³-hybridized carbons (Fsp3) is 0.611. The van der Waals surface area contributed by atoms with Gasteiger partial charge in [0.25, 0.3) is 0 Å². The smallest absolute Gasteiger partial charge is 0.213 e. The van der Waals surface area contributed by atoms with E-state index in [9.17, 15) is 8.42 Å². The maximum Gasteiger partial charge on any atom is 0.213 e. The maximum absolute atomic E-state index is 12.2. The van der Waals surface area contributed by atoms with E-state index >= 15 is 0 Å². The van der Waals surface area contributed by atoms with Gasteiger partial charge < -0.3 is 10.2 Å². The number of guanidine groups is 1. The van der Waals surface area contributed by atoms with E-state index in [4.69, 9.17) is 0 Å². The maximum atomic E-state index is 12.2. The van der Waals surface area contributed by atoms with Gasteiger partial charge in [0.05, 0.1) is 5.75 Å². The third-order valence-electron chi connectivity index (χ3n) is 5.34. The zero-order valence-electron chi connectivity index (χ0n) is 16.2. The fourth-order valence-corrected chi connectivity index (χ4v) is 3.76. The highest BCUT2D eigenvalue weighted by molar-refractivity contribution is 14.0. The van der Waals surface area contributed by atoms with Gasteiger partial charge in [0.15, 0.2) is 5.96 Å². The van der Waals surface area contributed by atoms with Gasteiger partial charge in [0.1, 0.15) is 0 Å². The third-order valence-corrected chi connectivity index (χ3v) is 6.67. The van der Waals surface area contributed by atoms with Crippen molar-refractivity contribution in [3.05, 3.63) is 35.9 Å². The molecule has 0 bridgehead atoms. The summed E-state index contributed by atoms with van der Waals surface area (Å²) in [5, 5.41) is 3.18. The number of nitrogens with zero attached hydrogens (tertiary/aromatic N) is 2. The number of sulfonamides is 1. The van der Waals surface area contributed by atoms with Crippen molar-refractivity contribution in [2.24, 2.45) is 10.4 Å². The minimum atomic E-state index is -3.34. The number of likely N-dealkylation sites (tertiary alicyclic amines) is 1. The second-order valence-electron chi connectivity index (χ2n) is 7.63.